The molecule has 1 fully saturated rings. The van der Waals surface area contributed by atoms with Crippen molar-refractivity contribution in [2.45, 2.75) is 45.6 Å². The first-order valence-electron chi connectivity index (χ1n) is 6.17. The Bertz CT molecular complexity index is 273. The van der Waals surface area contributed by atoms with Gasteiger partial charge in [0.1, 0.15) is 0 Å². The predicted octanol–water partition coefficient (Wildman–Crippen LogP) is 3.07. The number of hydrogen-bond donors (Lipinski definition) is 2. The van der Waals surface area contributed by atoms with Gasteiger partial charge in [-0.3, -0.25) is 0 Å². The summed E-state index contributed by atoms with van der Waals surface area (Å²) in [6.45, 7) is 4.51. The number of H-pyrrole nitrogens is 1. The van der Waals surface area contributed by atoms with Crippen LogP contribution in [0.1, 0.15) is 44.6 Å². The molecule has 1 aliphatic carbocycles. The van der Waals surface area contributed by atoms with Gasteiger partial charge in [0, 0.05) is 25.5 Å². The van der Waals surface area contributed by atoms with Crippen LogP contribution in [0, 0.1) is 5.41 Å². The molecule has 2 nitrogen and oxygen atoms in total. The van der Waals surface area contributed by atoms with Crippen molar-refractivity contribution in [3.63, 3.8) is 0 Å². The Kier molecular flexibility index (Phi) is 3.47. The quantitative estimate of drug-likeness (QED) is 0.735. The lowest BCUT2D eigenvalue weighted by molar-refractivity contribution is 0.115. The van der Waals surface area contributed by atoms with E-state index in [9.17, 15) is 0 Å². The van der Waals surface area contributed by atoms with Crippen molar-refractivity contribution in [3.05, 3.63) is 24.0 Å². The van der Waals surface area contributed by atoms with Gasteiger partial charge in [0.15, 0.2) is 0 Å². The summed E-state index contributed by atoms with van der Waals surface area (Å²) < 4.78 is 0. The normalized spacial score (nSPS) is 18.7. The van der Waals surface area contributed by atoms with Crippen LogP contribution in [0.15, 0.2) is 18.5 Å². The van der Waals surface area contributed by atoms with Crippen LogP contribution in [0.3, 0.4) is 0 Å². The van der Waals surface area contributed by atoms with Gasteiger partial charge in [-0.2, -0.15) is 0 Å². The molecule has 2 rings (SSSR count). The van der Waals surface area contributed by atoms with Gasteiger partial charge in [-0.15, -0.1) is 0 Å². The Morgan fingerprint density at radius 2 is 2.33 bits per heavy atom. The van der Waals surface area contributed by atoms with Gasteiger partial charge in [-0.1, -0.05) is 19.8 Å². The zero-order valence-electron chi connectivity index (χ0n) is 9.68. The average Bonchev–Trinajstić information content (AvgIpc) is 2.67. The minimum absolute atomic E-state index is 0.644. The summed E-state index contributed by atoms with van der Waals surface area (Å²) >= 11 is 0. The first-order chi connectivity index (χ1) is 7.35. The van der Waals surface area contributed by atoms with Crippen LogP contribution in [0.25, 0.3) is 0 Å². The highest BCUT2D eigenvalue weighted by Crippen LogP contribution is 2.44. The molecule has 1 aromatic heterocycles. The molecule has 1 heterocycles. The molecular weight excluding hydrogens is 184 g/mol. The van der Waals surface area contributed by atoms with Crippen molar-refractivity contribution < 1.29 is 0 Å². The van der Waals surface area contributed by atoms with Crippen molar-refractivity contribution in [3.8, 4) is 0 Å². The molecule has 2 N–H and O–H groups in total. The van der Waals surface area contributed by atoms with Gasteiger partial charge >= 0.3 is 0 Å². The summed E-state index contributed by atoms with van der Waals surface area (Å²) in [5.41, 5.74) is 2.01. The van der Waals surface area contributed by atoms with E-state index in [-0.39, 0.29) is 0 Å². The highest BCUT2D eigenvalue weighted by molar-refractivity contribution is 5.07. The maximum Gasteiger partial charge on any atom is 0.0220 e. The molecule has 0 spiro atoms. The molecule has 0 aliphatic heterocycles. The molecule has 0 amide bonds. The van der Waals surface area contributed by atoms with E-state index in [1.54, 1.807) is 0 Å². The maximum atomic E-state index is 3.60. The lowest BCUT2D eigenvalue weighted by Crippen LogP contribution is -2.39. The largest absolute Gasteiger partial charge is 0.367 e. The zero-order valence-corrected chi connectivity index (χ0v) is 9.68. The third-order valence-electron chi connectivity index (χ3n) is 3.69. The fraction of sp³-hybridized carbons (Fsp3) is 0.692. The molecule has 1 aromatic rings. The minimum Gasteiger partial charge on any atom is -0.367 e. The summed E-state index contributed by atoms with van der Waals surface area (Å²) in [4.78, 5) is 3.09. The average molecular weight is 206 g/mol. The van der Waals surface area contributed by atoms with Crippen LogP contribution in [0.2, 0.25) is 0 Å². The molecule has 0 saturated heterocycles. The van der Waals surface area contributed by atoms with Gasteiger partial charge in [-0.25, -0.2) is 0 Å². The summed E-state index contributed by atoms with van der Waals surface area (Å²) in [6, 6.07) is 2.14. The third kappa shape index (κ3) is 2.63. The molecule has 84 valence electrons. The molecule has 15 heavy (non-hydrogen) atoms. The van der Waals surface area contributed by atoms with Crippen molar-refractivity contribution in [1.29, 1.82) is 0 Å². The number of nitrogens with one attached hydrogen (secondary N) is 2. The lowest BCUT2D eigenvalue weighted by atomic mass is 9.66. The van der Waals surface area contributed by atoms with Gasteiger partial charge in [0.2, 0.25) is 0 Å². The van der Waals surface area contributed by atoms with Gasteiger partial charge in [-0.05, 0) is 36.3 Å². The smallest absolute Gasteiger partial charge is 0.0220 e. The first kappa shape index (κ1) is 10.7. The number of hydrogen-bond acceptors (Lipinski definition) is 1. The Morgan fingerprint density at radius 1 is 1.47 bits per heavy atom. The fourth-order valence-corrected chi connectivity index (χ4v) is 2.66. The Labute approximate surface area is 92.5 Å². The van der Waals surface area contributed by atoms with Gasteiger partial charge in [0.05, 0.1) is 0 Å². The van der Waals surface area contributed by atoms with E-state index in [0.29, 0.717) is 5.41 Å². The van der Waals surface area contributed by atoms with Crippen LogP contribution in [0.4, 0.5) is 0 Å². The van der Waals surface area contributed by atoms with Crippen LogP contribution >= 0.6 is 0 Å². The molecule has 1 saturated carbocycles. The van der Waals surface area contributed by atoms with Crippen molar-refractivity contribution in [2.75, 3.05) is 6.54 Å². The molecule has 0 unspecified atom stereocenters. The van der Waals surface area contributed by atoms with E-state index >= 15 is 0 Å². The number of aromatic nitrogens is 1. The van der Waals surface area contributed by atoms with E-state index in [2.05, 4.69) is 29.5 Å². The second-order valence-electron chi connectivity index (χ2n) is 4.93. The highest BCUT2D eigenvalue weighted by Gasteiger charge is 2.35. The second-order valence-corrected chi connectivity index (χ2v) is 4.93. The Hall–Kier alpha value is -0.760. The van der Waals surface area contributed by atoms with E-state index < -0.39 is 0 Å². The summed E-state index contributed by atoms with van der Waals surface area (Å²) in [6.07, 6.45) is 11.1. The molecule has 0 atom stereocenters. The van der Waals surface area contributed by atoms with Gasteiger partial charge in [0.25, 0.3) is 0 Å². The maximum absolute atomic E-state index is 3.60. The predicted molar refractivity (Wildman–Crippen MR) is 63.7 cm³/mol. The molecule has 2 heteroatoms. The Morgan fingerprint density at radius 3 is 2.87 bits per heavy atom. The lowest BCUT2D eigenvalue weighted by Gasteiger charge is -2.42. The van der Waals surface area contributed by atoms with Crippen LogP contribution in [-0.4, -0.2) is 11.5 Å². The van der Waals surface area contributed by atoms with E-state index in [0.717, 1.165) is 6.54 Å². The van der Waals surface area contributed by atoms with E-state index in [1.165, 1.54) is 44.2 Å². The summed E-state index contributed by atoms with van der Waals surface area (Å²) in [5.74, 6) is 0. The van der Waals surface area contributed by atoms with E-state index in [1.807, 2.05) is 6.20 Å². The van der Waals surface area contributed by atoms with Crippen LogP contribution < -0.4 is 5.32 Å². The number of aromatic amines is 1. The summed E-state index contributed by atoms with van der Waals surface area (Å²) in [7, 11) is 0. The van der Waals surface area contributed by atoms with Crippen LogP contribution in [0.5, 0.6) is 0 Å². The number of rotatable bonds is 6. The highest BCUT2D eigenvalue weighted by atomic mass is 14.9. The SMILES string of the molecule is CCCC1(CNCc2cc[nH]c2)CCC1. The zero-order chi connectivity index (χ0) is 10.6. The molecular formula is C13H22N2. The fourth-order valence-electron chi connectivity index (χ4n) is 2.66. The first-order valence-corrected chi connectivity index (χ1v) is 6.17. The van der Waals surface area contributed by atoms with Crippen LogP contribution in [-0.2, 0) is 6.54 Å². The monoisotopic (exact) mass is 206 g/mol. The van der Waals surface area contributed by atoms with Crippen molar-refractivity contribution in [1.82, 2.24) is 10.3 Å². The second kappa shape index (κ2) is 4.84. The van der Waals surface area contributed by atoms with Gasteiger partial charge < -0.3 is 10.3 Å². The summed E-state index contributed by atoms with van der Waals surface area (Å²) in [5, 5.41) is 3.60. The molecule has 0 aromatic carbocycles. The van der Waals surface area contributed by atoms with Crippen molar-refractivity contribution in [2.24, 2.45) is 5.41 Å². The Balaban J connectivity index is 1.72. The topological polar surface area (TPSA) is 27.8 Å². The van der Waals surface area contributed by atoms with E-state index in [4.69, 9.17) is 0 Å². The molecule has 1 aliphatic rings. The third-order valence-corrected chi connectivity index (χ3v) is 3.69. The van der Waals surface area contributed by atoms with Crippen molar-refractivity contribution >= 4 is 0 Å². The molecule has 0 radical (unpaired) electrons. The minimum atomic E-state index is 0.644. The molecule has 0 bridgehead atoms. The standard InChI is InChI=1S/C13H22N2/c1-2-5-13(6-3-7-13)11-15-10-12-4-8-14-9-12/h4,8-9,14-15H,2-3,5-7,10-11H2,1H3.